The molecule has 0 amide bonds. The zero-order chi connectivity index (χ0) is 10.8. The summed E-state index contributed by atoms with van der Waals surface area (Å²) in [7, 11) is 2.51. The van der Waals surface area contributed by atoms with Crippen LogP contribution in [0.15, 0.2) is 36.9 Å². The Morgan fingerprint density at radius 3 is 1.93 bits per heavy atom. The molecule has 0 saturated carbocycles. The van der Waals surface area contributed by atoms with Crippen molar-refractivity contribution in [2.24, 2.45) is 0 Å². The SMILES string of the molecule is C=Cc1ccccc1.COC(=O)OC. The summed E-state index contributed by atoms with van der Waals surface area (Å²) in [5.41, 5.74) is 1.17. The van der Waals surface area contributed by atoms with E-state index in [0.717, 1.165) is 0 Å². The second-order valence-electron chi connectivity index (χ2n) is 2.27. The molecular weight excluding hydrogens is 180 g/mol. The summed E-state index contributed by atoms with van der Waals surface area (Å²) in [6.45, 7) is 3.63. The van der Waals surface area contributed by atoms with Crippen LogP contribution in [0, 0.1) is 0 Å². The number of methoxy groups -OCH3 is 2. The highest BCUT2D eigenvalue weighted by molar-refractivity contribution is 5.59. The van der Waals surface area contributed by atoms with Crippen LogP contribution in [0.2, 0.25) is 0 Å². The molecule has 1 rings (SSSR count). The Morgan fingerprint density at radius 2 is 1.71 bits per heavy atom. The number of benzene rings is 1. The molecule has 0 heterocycles. The molecule has 3 heteroatoms. The van der Waals surface area contributed by atoms with Crippen molar-refractivity contribution >= 4 is 12.2 Å². The molecule has 1 aromatic rings. The fourth-order valence-electron chi connectivity index (χ4n) is 0.672. The molecular formula is C11H14O3. The van der Waals surface area contributed by atoms with Crippen LogP contribution in [0.25, 0.3) is 6.08 Å². The van der Waals surface area contributed by atoms with E-state index in [-0.39, 0.29) is 0 Å². The van der Waals surface area contributed by atoms with Crippen molar-refractivity contribution in [1.82, 2.24) is 0 Å². The molecule has 14 heavy (non-hydrogen) atoms. The van der Waals surface area contributed by atoms with Gasteiger partial charge in [-0.1, -0.05) is 43.0 Å². The molecule has 0 spiro atoms. The first-order chi connectivity index (χ1) is 6.74. The lowest BCUT2D eigenvalue weighted by molar-refractivity contribution is 0.0924. The first kappa shape index (κ1) is 12.2. The fourth-order valence-corrected chi connectivity index (χ4v) is 0.672. The Balaban J connectivity index is 0.000000255. The van der Waals surface area contributed by atoms with Gasteiger partial charge in [-0.25, -0.2) is 4.79 Å². The molecule has 76 valence electrons. The minimum Gasteiger partial charge on any atom is -0.438 e. The van der Waals surface area contributed by atoms with Gasteiger partial charge in [0, 0.05) is 0 Å². The summed E-state index contributed by atoms with van der Waals surface area (Å²) in [5, 5.41) is 0. The van der Waals surface area contributed by atoms with E-state index in [9.17, 15) is 4.79 Å². The lowest BCUT2D eigenvalue weighted by atomic mass is 10.2. The van der Waals surface area contributed by atoms with Crippen LogP contribution >= 0.6 is 0 Å². The molecule has 0 aliphatic carbocycles. The van der Waals surface area contributed by atoms with E-state index in [2.05, 4.69) is 16.1 Å². The van der Waals surface area contributed by atoms with E-state index in [1.165, 1.54) is 19.8 Å². The van der Waals surface area contributed by atoms with Gasteiger partial charge in [0.2, 0.25) is 0 Å². The van der Waals surface area contributed by atoms with Gasteiger partial charge in [-0.2, -0.15) is 0 Å². The topological polar surface area (TPSA) is 35.5 Å². The first-order valence-corrected chi connectivity index (χ1v) is 4.04. The number of carbonyl (C=O) groups excluding carboxylic acids is 1. The Hall–Kier alpha value is -1.77. The maximum atomic E-state index is 9.74. The molecule has 0 fully saturated rings. The molecule has 0 unspecified atom stereocenters. The largest absolute Gasteiger partial charge is 0.507 e. The third-order valence-electron chi connectivity index (χ3n) is 1.37. The fraction of sp³-hybridized carbons (Fsp3) is 0.182. The number of ether oxygens (including phenoxy) is 2. The van der Waals surface area contributed by atoms with Crippen molar-refractivity contribution in [1.29, 1.82) is 0 Å². The summed E-state index contributed by atoms with van der Waals surface area (Å²) >= 11 is 0. The van der Waals surface area contributed by atoms with Crippen molar-refractivity contribution in [2.45, 2.75) is 0 Å². The standard InChI is InChI=1S/C8H8.C3H6O3/c1-2-8-6-4-3-5-7-8;1-5-3(4)6-2/h2-7H,1H2;1-2H3. The van der Waals surface area contributed by atoms with Crippen LogP contribution in [0.5, 0.6) is 0 Å². The van der Waals surface area contributed by atoms with Crippen LogP contribution in [0.3, 0.4) is 0 Å². The average Bonchev–Trinajstić information content (AvgIpc) is 2.30. The maximum absolute atomic E-state index is 9.74. The quantitative estimate of drug-likeness (QED) is 0.645. The van der Waals surface area contributed by atoms with Crippen LogP contribution in [-0.4, -0.2) is 20.4 Å². The van der Waals surface area contributed by atoms with E-state index < -0.39 is 6.16 Å². The number of carbonyl (C=O) groups is 1. The normalized spacial score (nSPS) is 7.86. The predicted molar refractivity (Wildman–Crippen MR) is 55.9 cm³/mol. The Labute approximate surface area is 84.0 Å². The molecule has 3 nitrogen and oxygen atoms in total. The van der Waals surface area contributed by atoms with Gasteiger partial charge in [0.15, 0.2) is 0 Å². The van der Waals surface area contributed by atoms with Gasteiger partial charge in [-0.05, 0) is 5.56 Å². The van der Waals surface area contributed by atoms with Gasteiger partial charge in [-0.15, -0.1) is 0 Å². The number of hydrogen-bond donors (Lipinski definition) is 0. The highest BCUT2D eigenvalue weighted by Gasteiger charge is 1.88. The summed E-state index contributed by atoms with van der Waals surface area (Å²) in [6.07, 6.45) is 1.18. The lowest BCUT2D eigenvalue weighted by Crippen LogP contribution is -1.97. The van der Waals surface area contributed by atoms with E-state index >= 15 is 0 Å². The van der Waals surface area contributed by atoms with E-state index in [0.29, 0.717) is 0 Å². The smallest absolute Gasteiger partial charge is 0.438 e. The van der Waals surface area contributed by atoms with Gasteiger partial charge >= 0.3 is 6.16 Å². The monoisotopic (exact) mass is 194 g/mol. The van der Waals surface area contributed by atoms with E-state index in [1.807, 2.05) is 36.4 Å². The first-order valence-electron chi connectivity index (χ1n) is 4.04. The van der Waals surface area contributed by atoms with Crippen molar-refractivity contribution in [2.75, 3.05) is 14.2 Å². The molecule has 0 bridgehead atoms. The third-order valence-corrected chi connectivity index (χ3v) is 1.37. The molecule has 0 N–H and O–H groups in total. The van der Waals surface area contributed by atoms with Crippen LogP contribution in [0.4, 0.5) is 4.79 Å². The maximum Gasteiger partial charge on any atom is 0.507 e. The minimum absolute atomic E-state index is 0.657. The van der Waals surface area contributed by atoms with E-state index in [1.54, 1.807) is 0 Å². The summed E-state index contributed by atoms with van der Waals surface area (Å²) in [5.74, 6) is 0. The van der Waals surface area contributed by atoms with Gasteiger partial charge in [0.1, 0.15) is 0 Å². The van der Waals surface area contributed by atoms with Crippen molar-refractivity contribution in [3.05, 3.63) is 42.5 Å². The Morgan fingerprint density at radius 1 is 1.21 bits per heavy atom. The molecule has 0 saturated heterocycles. The van der Waals surface area contributed by atoms with Gasteiger partial charge in [-0.3, -0.25) is 0 Å². The van der Waals surface area contributed by atoms with Crippen LogP contribution in [0.1, 0.15) is 5.56 Å². The van der Waals surface area contributed by atoms with Crippen LogP contribution < -0.4 is 0 Å². The minimum atomic E-state index is -0.657. The zero-order valence-electron chi connectivity index (χ0n) is 8.40. The van der Waals surface area contributed by atoms with Gasteiger partial charge in [0.25, 0.3) is 0 Å². The Kier molecular flexibility index (Phi) is 6.86. The summed E-state index contributed by atoms with van der Waals surface area (Å²) in [4.78, 5) is 9.74. The third kappa shape index (κ3) is 5.83. The summed E-state index contributed by atoms with van der Waals surface area (Å²) < 4.78 is 8.08. The molecule has 0 radical (unpaired) electrons. The van der Waals surface area contributed by atoms with Gasteiger partial charge < -0.3 is 9.47 Å². The number of rotatable bonds is 1. The molecule has 1 aromatic carbocycles. The van der Waals surface area contributed by atoms with Crippen molar-refractivity contribution in [3.8, 4) is 0 Å². The van der Waals surface area contributed by atoms with Crippen LogP contribution in [-0.2, 0) is 9.47 Å². The molecule has 0 aliphatic rings. The average molecular weight is 194 g/mol. The molecule has 0 atom stereocenters. The predicted octanol–water partition coefficient (Wildman–Crippen LogP) is 2.73. The highest BCUT2D eigenvalue weighted by atomic mass is 16.7. The van der Waals surface area contributed by atoms with Crippen molar-refractivity contribution < 1.29 is 14.3 Å². The van der Waals surface area contributed by atoms with Crippen molar-refractivity contribution in [3.63, 3.8) is 0 Å². The number of hydrogen-bond acceptors (Lipinski definition) is 3. The second kappa shape index (κ2) is 7.86. The zero-order valence-corrected chi connectivity index (χ0v) is 8.40. The second-order valence-corrected chi connectivity index (χ2v) is 2.27. The van der Waals surface area contributed by atoms with Gasteiger partial charge in [0.05, 0.1) is 14.2 Å². The lowest BCUT2D eigenvalue weighted by Gasteiger charge is -1.89. The molecule has 0 aromatic heterocycles. The molecule has 0 aliphatic heterocycles. The highest BCUT2D eigenvalue weighted by Crippen LogP contribution is 1.97. The summed E-state index contributed by atoms with van der Waals surface area (Å²) in [6, 6.07) is 10.0. The van der Waals surface area contributed by atoms with E-state index in [4.69, 9.17) is 0 Å². The Bertz CT molecular complexity index is 261.